The van der Waals surface area contributed by atoms with Gasteiger partial charge >= 0.3 is 0 Å². The van der Waals surface area contributed by atoms with Gasteiger partial charge in [-0.2, -0.15) is 5.06 Å². The first-order valence-corrected chi connectivity index (χ1v) is 3.52. The maximum absolute atomic E-state index is 5.31. The van der Waals surface area contributed by atoms with Crippen LogP contribution in [0.25, 0.3) is 0 Å². The van der Waals surface area contributed by atoms with Crippen molar-refractivity contribution >= 4 is 5.88 Å². The molecule has 0 bridgehead atoms. The first kappa shape index (κ1) is 6.34. The van der Waals surface area contributed by atoms with Crippen LogP contribution in [0.15, 0.2) is 34.6 Å². The second-order valence-corrected chi connectivity index (χ2v) is 2.42. The SMILES string of the molecule is CC1=CCN(c2ccco2)O1. The molecule has 0 atom stereocenters. The molecule has 0 aromatic carbocycles. The first-order chi connectivity index (χ1) is 5.36. The maximum atomic E-state index is 5.31. The molecule has 1 aliphatic heterocycles. The molecule has 58 valence electrons. The largest absolute Gasteiger partial charge is 0.446 e. The van der Waals surface area contributed by atoms with Crippen LogP contribution in [-0.2, 0) is 4.84 Å². The lowest BCUT2D eigenvalue weighted by Crippen LogP contribution is -2.16. The summed E-state index contributed by atoms with van der Waals surface area (Å²) in [6.45, 7) is 2.68. The Balaban J connectivity index is 2.11. The normalized spacial score (nSPS) is 16.5. The van der Waals surface area contributed by atoms with E-state index in [1.807, 2.05) is 25.1 Å². The van der Waals surface area contributed by atoms with Crippen molar-refractivity contribution in [2.24, 2.45) is 0 Å². The average Bonchev–Trinajstić information content (AvgIpc) is 2.55. The molecule has 3 nitrogen and oxygen atoms in total. The molecule has 3 heteroatoms. The summed E-state index contributed by atoms with van der Waals surface area (Å²) in [4.78, 5) is 5.31. The molecule has 0 spiro atoms. The van der Waals surface area contributed by atoms with Crippen LogP contribution in [-0.4, -0.2) is 6.54 Å². The van der Waals surface area contributed by atoms with Crippen LogP contribution in [0.1, 0.15) is 6.92 Å². The van der Waals surface area contributed by atoms with Crippen LogP contribution in [0.3, 0.4) is 0 Å². The van der Waals surface area contributed by atoms with Crippen molar-refractivity contribution in [3.05, 3.63) is 30.2 Å². The highest BCUT2D eigenvalue weighted by Crippen LogP contribution is 2.20. The average molecular weight is 151 g/mol. The van der Waals surface area contributed by atoms with E-state index in [9.17, 15) is 0 Å². The van der Waals surface area contributed by atoms with E-state index >= 15 is 0 Å². The van der Waals surface area contributed by atoms with E-state index in [0.717, 1.165) is 18.2 Å². The lowest BCUT2D eigenvalue weighted by atomic mass is 10.5. The van der Waals surface area contributed by atoms with Gasteiger partial charge in [-0.25, -0.2) is 0 Å². The van der Waals surface area contributed by atoms with Crippen LogP contribution >= 0.6 is 0 Å². The Kier molecular flexibility index (Phi) is 1.35. The second-order valence-electron chi connectivity index (χ2n) is 2.42. The third kappa shape index (κ3) is 1.09. The van der Waals surface area contributed by atoms with Gasteiger partial charge in [0.2, 0.25) is 5.88 Å². The summed E-state index contributed by atoms with van der Waals surface area (Å²) in [5, 5.41) is 1.70. The molecule has 0 aliphatic carbocycles. The fourth-order valence-electron chi connectivity index (χ4n) is 1.01. The number of hydroxylamine groups is 1. The van der Waals surface area contributed by atoms with Gasteiger partial charge in [-0.3, -0.25) is 0 Å². The number of hydrogen-bond acceptors (Lipinski definition) is 3. The highest BCUT2D eigenvalue weighted by molar-refractivity contribution is 5.34. The Morgan fingerprint density at radius 1 is 1.55 bits per heavy atom. The van der Waals surface area contributed by atoms with E-state index in [1.54, 1.807) is 11.3 Å². The first-order valence-electron chi connectivity index (χ1n) is 3.52. The molecule has 2 heterocycles. The van der Waals surface area contributed by atoms with Crippen molar-refractivity contribution < 1.29 is 9.25 Å². The molecule has 0 unspecified atom stereocenters. The standard InChI is InChI=1S/C8H9NO2/c1-7-4-5-9(11-7)8-3-2-6-10-8/h2-4,6H,5H2,1H3. The van der Waals surface area contributed by atoms with E-state index < -0.39 is 0 Å². The van der Waals surface area contributed by atoms with E-state index in [1.165, 1.54) is 0 Å². The fourth-order valence-corrected chi connectivity index (χ4v) is 1.01. The van der Waals surface area contributed by atoms with Crippen LogP contribution < -0.4 is 5.06 Å². The molecule has 0 amide bonds. The van der Waals surface area contributed by atoms with Crippen LogP contribution in [0.5, 0.6) is 0 Å². The van der Waals surface area contributed by atoms with E-state index in [0.29, 0.717) is 0 Å². The zero-order valence-corrected chi connectivity index (χ0v) is 6.28. The third-order valence-electron chi connectivity index (χ3n) is 1.55. The van der Waals surface area contributed by atoms with Crippen molar-refractivity contribution in [3.63, 3.8) is 0 Å². The van der Waals surface area contributed by atoms with Gasteiger partial charge in [-0.1, -0.05) is 0 Å². The van der Waals surface area contributed by atoms with Crippen molar-refractivity contribution in [2.45, 2.75) is 6.92 Å². The van der Waals surface area contributed by atoms with Gasteiger partial charge in [-0.05, 0) is 19.1 Å². The van der Waals surface area contributed by atoms with Crippen molar-refractivity contribution in [2.75, 3.05) is 11.6 Å². The van der Waals surface area contributed by atoms with E-state index in [-0.39, 0.29) is 0 Å². The third-order valence-corrected chi connectivity index (χ3v) is 1.55. The summed E-state index contributed by atoms with van der Waals surface area (Å²) in [6.07, 6.45) is 3.63. The van der Waals surface area contributed by atoms with Gasteiger partial charge < -0.3 is 9.25 Å². The predicted molar refractivity (Wildman–Crippen MR) is 40.9 cm³/mol. The Morgan fingerprint density at radius 2 is 2.45 bits per heavy atom. The summed E-state index contributed by atoms with van der Waals surface area (Å²) in [6, 6.07) is 3.71. The zero-order valence-electron chi connectivity index (χ0n) is 6.28. The topological polar surface area (TPSA) is 25.6 Å². The number of anilines is 1. The summed E-state index contributed by atoms with van der Waals surface area (Å²) >= 11 is 0. The smallest absolute Gasteiger partial charge is 0.228 e. The molecule has 1 aromatic rings. The molecule has 0 fully saturated rings. The van der Waals surface area contributed by atoms with Gasteiger partial charge in [0.25, 0.3) is 0 Å². The number of nitrogens with zero attached hydrogens (tertiary/aromatic N) is 1. The summed E-state index contributed by atoms with van der Waals surface area (Å²) in [5.74, 6) is 1.67. The molecule has 0 N–H and O–H groups in total. The maximum Gasteiger partial charge on any atom is 0.228 e. The van der Waals surface area contributed by atoms with Gasteiger partial charge in [-0.15, -0.1) is 0 Å². The summed E-state index contributed by atoms with van der Waals surface area (Å²) < 4.78 is 5.13. The molecule has 0 saturated heterocycles. The Hall–Kier alpha value is -1.38. The molecule has 1 aromatic heterocycles. The van der Waals surface area contributed by atoms with Crippen LogP contribution in [0, 0.1) is 0 Å². The van der Waals surface area contributed by atoms with E-state index in [4.69, 9.17) is 9.25 Å². The monoisotopic (exact) mass is 151 g/mol. The molecule has 11 heavy (non-hydrogen) atoms. The summed E-state index contributed by atoms with van der Waals surface area (Å²) in [7, 11) is 0. The fraction of sp³-hybridized carbons (Fsp3) is 0.250. The molecule has 0 saturated carbocycles. The van der Waals surface area contributed by atoms with Gasteiger partial charge in [0.1, 0.15) is 5.76 Å². The summed E-state index contributed by atoms with van der Waals surface area (Å²) in [5.41, 5.74) is 0. The molecular formula is C8H9NO2. The highest BCUT2D eigenvalue weighted by atomic mass is 16.7. The Bertz CT molecular complexity index is 264. The highest BCUT2D eigenvalue weighted by Gasteiger charge is 2.14. The van der Waals surface area contributed by atoms with Crippen molar-refractivity contribution in [3.8, 4) is 0 Å². The van der Waals surface area contributed by atoms with Gasteiger partial charge in [0.15, 0.2) is 0 Å². The minimum atomic E-state index is 0.748. The quantitative estimate of drug-likeness (QED) is 0.613. The molecule has 1 aliphatic rings. The lowest BCUT2D eigenvalue weighted by Gasteiger charge is -2.13. The van der Waals surface area contributed by atoms with Crippen molar-refractivity contribution in [1.82, 2.24) is 0 Å². The number of allylic oxidation sites excluding steroid dienone is 1. The molecular weight excluding hydrogens is 142 g/mol. The zero-order chi connectivity index (χ0) is 7.68. The van der Waals surface area contributed by atoms with Crippen LogP contribution in [0.4, 0.5) is 5.88 Å². The molecule has 0 radical (unpaired) electrons. The number of hydrogen-bond donors (Lipinski definition) is 0. The lowest BCUT2D eigenvalue weighted by molar-refractivity contribution is 0.199. The van der Waals surface area contributed by atoms with Gasteiger partial charge in [0.05, 0.1) is 12.8 Å². The molecule has 2 rings (SSSR count). The second kappa shape index (κ2) is 2.34. The van der Waals surface area contributed by atoms with E-state index in [2.05, 4.69) is 0 Å². The minimum Gasteiger partial charge on any atom is -0.446 e. The van der Waals surface area contributed by atoms with Crippen molar-refractivity contribution in [1.29, 1.82) is 0 Å². The van der Waals surface area contributed by atoms with Gasteiger partial charge in [0, 0.05) is 6.07 Å². The number of furan rings is 1. The Morgan fingerprint density at radius 3 is 3.00 bits per heavy atom. The Labute approximate surface area is 64.8 Å². The predicted octanol–water partition coefficient (Wildman–Crippen LogP) is 1.94. The number of rotatable bonds is 1. The minimum absolute atomic E-state index is 0.748. The van der Waals surface area contributed by atoms with Crippen LogP contribution in [0.2, 0.25) is 0 Å².